The lowest BCUT2D eigenvalue weighted by atomic mass is 9.92. The summed E-state index contributed by atoms with van der Waals surface area (Å²) in [4.78, 5) is 6.60. The SMILES string of the molecule is N#Cc1ccnc(N2CCc3ccccc3C2CN)c1. The third kappa shape index (κ3) is 2.13. The Morgan fingerprint density at radius 2 is 2.20 bits per heavy atom. The molecule has 2 heterocycles. The fourth-order valence-corrected chi connectivity index (χ4v) is 2.83. The molecule has 1 aliphatic heterocycles. The van der Waals surface area contributed by atoms with Crippen LogP contribution in [0.25, 0.3) is 0 Å². The van der Waals surface area contributed by atoms with Crippen molar-refractivity contribution in [1.82, 2.24) is 4.98 Å². The van der Waals surface area contributed by atoms with Gasteiger partial charge in [0, 0.05) is 19.3 Å². The van der Waals surface area contributed by atoms with E-state index in [0.29, 0.717) is 12.1 Å². The molecule has 0 bridgehead atoms. The lowest BCUT2D eigenvalue weighted by Gasteiger charge is -2.37. The van der Waals surface area contributed by atoms with Crippen LogP contribution in [-0.4, -0.2) is 18.1 Å². The Bertz CT molecular complexity index is 660. The number of nitriles is 1. The van der Waals surface area contributed by atoms with Crippen LogP contribution in [-0.2, 0) is 6.42 Å². The van der Waals surface area contributed by atoms with Gasteiger partial charge in [0.2, 0.25) is 0 Å². The standard InChI is InChI=1S/C16H16N4/c17-10-12-5-7-19-16(9-12)20-8-6-13-3-1-2-4-14(13)15(20)11-18/h1-5,7,9,15H,6,8,11,18H2. The number of fused-ring (bicyclic) bond motifs is 1. The smallest absolute Gasteiger partial charge is 0.130 e. The molecule has 3 rings (SSSR count). The highest BCUT2D eigenvalue weighted by Gasteiger charge is 2.26. The van der Waals surface area contributed by atoms with Gasteiger partial charge in [0.05, 0.1) is 17.7 Å². The van der Waals surface area contributed by atoms with E-state index in [-0.39, 0.29) is 6.04 Å². The molecule has 1 unspecified atom stereocenters. The van der Waals surface area contributed by atoms with Crippen LogP contribution in [0.2, 0.25) is 0 Å². The Labute approximate surface area is 118 Å². The predicted molar refractivity (Wildman–Crippen MR) is 78.2 cm³/mol. The summed E-state index contributed by atoms with van der Waals surface area (Å²) >= 11 is 0. The molecule has 0 amide bonds. The van der Waals surface area contributed by atoms with E-state index < -0.39 is 0 Å². The molecule has 2 aromatic rings. The molecule has 1 aliphatic rings. The summed E-state index contributed by atoms with van der Waals surface area (Å²) in [6.45, 7) is 1.41. The van der Waals surface area contributed by atoms with Crippen LogP contribution < -0.4 is 10.6 Å². The number of rotatable bonds is 2. The zero-order valence-electron chi connectivity index (χ0n) is 11.2. The maximum absolute atomic E-state index is 9.02. The van der Waals surface area contributed by atoms with E-state index in [0.717, 1.165) is 18.8 Å². The number of pyridine rings is 1. The molecule has 2 N–H and O–H groups in total. The highest BCUT2D eigenvalue weighted by Crippen LogP contribution is 2.32. The van der Waals surface area contributed by atoms with Crippen molar-refractivity contribution in [2.75, 3.05) is 18.0 Å². The van der Waals surface area contributed by atoms with Gasteiger partial charge in [-0.2, -0.15) is 5.26 Å². The van der Waals surface area contributed by atoms with Gasteiger partial charge in [-0.15, -0.1) is 0 Å². The molecule has 0 radical (unpaired) electrons. The van der Waals surface area contributed by atoms with Crippen molar-refractivity contribution in [2.24, 2.45) is 5.73 Å². The number of hydrogen-bond donors (Lipinski definition) is 1. The van der Waals surface area contributed by atoms with Crippen molar-refractivity contribution < 1.29 is 0 Å². The second-order valence-electron chi connectivity index (χ2n) is 4.91. The minimum Gasteiger partial charge on any atom is -0.348 e. The molecule has 1 aromatic heterocycles. The molecule has 1 aromatic carbocycles. The maximum atomic E-state index is 9.02. The van der Waals surface area contributed by atoms with Crippen molar-refractivity contribution in [2.45, 2.75) is 12.5 Å². The average Bonchev–Trinajstić information content (AvgIpc) is 2.53. The van der Waals surface area contributed by atoms with E-state index in [1.165, 1.54) is 11.1 Å². The molecule has 0 aliphatic carbocycles. The number of nitrogens with zero attached hydrogens (tertiary/aromatic N) is 3. The molecule has 0 fully saturated rings. The van der Waals surface area contributed by atoms with E-state index in [9.17, 15) is 0 Å². The van der Waals surface area contributed by atoms with Crippen molar-refractivity contribution in [3.05, 3.63) is 59.3 Å². The number of hydrogen-bond acceptors (Lipinski definition) is 4. The first kappa shape index (κ1) is 12.6. The summed E-state index contributed by atoms with van der Waals surface area (Å²) in [5.41, 5.74) is 9.24. The molecule has 100 valence electrons. The van der Waals surface area contributed by atoms with Gasteiger partial charge in [-0.1, -0.05) is 24.3 Å². The summed E-state index contributed by atoms with van der Waals surface area (Å²) in [5, 5.41) is 9.02. The normalized spacial score (nSPS) is 17.4. The molecule has 4 nitrogen and oxygen atoms in total. The Morgan fingerprint density at radius 3 is 3.00 bits per heavy atom. The largest absolute Gasteiger partial charge is 0.348 e. The van der Waals surface area contributed by atoms with Gasteiger partial charge in [0.1, 0.15) is 5.82 Å². The average molecular weight is 264 g/mol. The first-order valence-corrected chi connectivity index (χ1v) is 6.74. The fourth-order valence-electron chi connectivity index (χ4n) is 2.83. The molecule has 0 spiro atoms. The molecular weight excluding hydrogens is 248 g/mol. The van der Waals surface area contributed by atoms with Crippen LogP contribution in [0.3, 0.4) is 0 Å². The van der Waals surface area contributed by atoms with E-state index in [1.807, 2.05) is 12.1 Å². The van der Waals surface area contributed by atoms with Gasteiger partial charge in [0.15, 0.2) is 0 Å². The molecule has 0 saturated heterocycles. The minimum absolute atomic E-state index is 0.126. The first-order valence-electron chi connectivity index (χ1n) is 6.74. The van der Waals surface area contributed by atoms with Crippen LogP contribution in [0.1, 0.15) is 22.7 Å². The Kier molecular flexibility index (Phi) is 3.36. The lowest BCUT2D eigenvalue weighted by Crippen LogP contribution is -2.39. The lowest BCUT2D eigenvalue weighted by molar-refractivity contribution is 0.584. The maximum Gasteiger partial charge on any atom is 0.130 e. The van der Waals surface area contributed by atoms with Gasteiger partial charge in [0.25, 0.3) is 0 Å². The summed E-state index contributed by atoms with van der Waals surface area (Å²) in [6.07, 6.45) is 2.66. The van der Waals surface area contributed by atoms with E-state index in [4.69, 9.17) is 11.0 Å². The molecule has 4 heteroatoms. The quantitative estimate of drug-likeness (QED) is 0.901. The number of benzene rings is 1. The number of anilines is 1. The van der Waals surface area contributed by atoms with Crippen LogP contribution >= 0.6 is 0 Å². The van der Waals surface area contributed by atoms with Gasteiger partial charge in [-0.3, -0.25) is 0 Å². The number of nitrogens with two attached hydrogens (primary N) is 1. The van der Waals surface area contributed by atoms with Gasteiger partial charge >= 0.3 is 0 Å². The summed E-state index contributed by atoms with van der Waals surface area (Å²) < 4.78 is 0. The molecular formula is C16H16N4. The molecule has 0 saturated carbocycles. The zero-order chi connectivity index (χ0) is 13.9. The summed E-state index contributed by atoms with van der Waals surface area (Å²) in [6, 6.07) is 14.2. The number of aromatic nitrogens is 1. The summed E-state index contributed by atoms with van der Waals surface area (Å²) in [7, 11) is 0. The van der Waals surface area contributed by atoms with Crippen molar-refractivity contribution in [1.29, 1.82) is 5.26 Å². The Morgan fingerprint density at radius 1 is 1.35 bits per heavy atom. The monoisotopic (exact) mass is 264 g/mol. The first-order chi connectivity index (χ1) is 9.83. The van der Waals surface area contributed by atoms with E-state index in [1.54, 1.807) is 12.3 Å². The predicted octanol–water partition coefficient (Wildman–Crippen LogP) is 2.02. The van der Waals surface area contributed by atoms with Crippen LogP contribution in [0, 0.1) is 11.3 Å². The third-order valence-corrected chi connectivity index (χ3v) is 3.80. The van der Waals surface area contributed by atoms with Gasteiger partial charge < -0.3 is 10.6 Å². The van der Waals surface area contributed by atoms with E-state index >= 15 is 0 Å². The Balaban J connectivity index is 2.01. The second kappa shape index (κ2) is 5.32. The van der Waals surface area contributed by atoms with E-state index in [2.05, 4.69) is 34.2 Å². The van der Waals surface area contributed by atoms with Crippen molar-refractivity contribution in [3.8, 4) is 6.07 Å². The van der Waals surface area contributed by atoms with Gasteiger partial charge in [-0.25, -0.2) is 4.98 Å². The third-order valence-electron chi connectivity index (χ3n) is 3.80. The van der Waals surface area contributed by atoms with Crippen LogP contribution in [0.5, 0.6) is 0 Å². The zero-order valence-corrected chi connectivity index (χ0v) is 11.2. The highest BCUT2D eigenvalue weighted by molar-refractivity contribution is 5.50. The van der Waals surface area contributed by atoms with Crippen LogP contribution in [0.4, 0.5) is 5.82 Å². The van der Waals surface area contributed by atoms with Crippen molar-refractivity contribution >= 4 is 5.82 Å². The Hall–Kier alpha value is -2.38. The second-order valence-corrected chi connectivity index (χ2v) is 4.91. The highest BCUT2D eigenvalue weighted by atomic mass is 15.2. The van der Waals surface area contributed by atoms with Crippen molar-refractivity contribution in [3.63, 3.8) is 0 Å². The minimum atomic E-state index is 0.126. The molecule has 20 heavy (non-hydrogen) atoms. The molecule has 1 atom stereocenters. The van der Waals surface area contributed by atoms with Gasteiger partial charge in [-0.05, 0) is 29.7 Å². The van der Waals surface area contributed by atoms with Crippen LogP contribution in [0.15, 0.2) is 42.6 Å². The summed E-state index contributed by atoms with van der Waals surface area (Å²) in [5.74, 6) is 0.828. The topological polar surface area (TPSA) is 65.9 Å². The fraction of sp³-hybridized carbons (Fsp3) is 0.250.